The Morgan fingerprint density at radius 3 is 2.79 bits per heavy atom. The first-order chi connectivity index (χ1) is 6.65. The molecule has 1 saturated heterocycles. The molecule has 0 spiro atoms. The van der Waals surface area contributed by atoms with E-state index >= 15 is 0 Å². The molecule has 4 heteroatoms. The Morgan fingerprint density at radius 1 is 1.57 bits per heavy atom. The average Bonchev–Trinajstić information content (AvgIpc) is 2.49. The minimum atomic E-state index is 0.422. The van der Waals surface area contributed by atoms with Crippen LogP contribution in [0.1, 0.15) is 17.8 Å². The van der Waals surface area contributed by atoms with Crippen LogP contribution >= 0.6 is 22.9 Å². The van der Waals surface area contributed by atoms with Gasteiger partial charge in [0.1, 0.15) is 0 Å². The second-order valence-corrected chi connectivity index (χ2v) is 5.70. The van der Waals surface area contributed by atoms with Gasteiger partial charge in [0.25, 0.3) is 0 Å². The summed E-state index contributed by atoms with van der Waals surface area (Å²) in [6.07, 6.45) is 0. The predicted molar refractivity (Wildman–Crippen MR) is 62.2 cm³/mol. The Balaban J connectivity index is 1.86. The van der Waals surface area contributed by atoms with Crippen LogP contribution in [-0.4, -0.2) is 31.1 Å². The maximum atomic E-state index is 5.89. The molecule has 0 amide bonds. The fourth-order valence-electron chi connectivity index (χ4n) is 1.80. The standard InChI is InChI=1S/C10H15ClN2S/c1-7(9-3-4-10(11)14-9)12-8-5-13(2)6-8/h3-4,7-8,12H,5-6H2,1-2H3. The van der Waals surface area contributed by atoms with E-state index in [0.717, 1.165) is 17.4 Å². The van der Waals surface area contributed by atoms with Gasteiger partial charge in [-0.25, -0.2) is 0 Å². The molecule has 0 saturated carbocycles. The van der Waals surface area contributed by atoms with Gasteiger partial charge >= 0.3 is 0 Å². The number of likely N-dealkylation sites (tertiary alicyclic amines) is 1. The number of nitrogens with zero attached hydrogens (tertiary/aromatic N) is 1. The highest BCUT2D eigenvalue weighted by Crippen LogP contribution is 2.27. The van der Waals surface area contributed by atoms with E-state index in [9.17, 15) is 0 Å². The van der Waals surface area contributed by atoms with Crippen molar-refractivity contribution in [3.63, 3.8) is 0 Å². The van der Waals surface area contributed by atoms with E-state index in [-0.39, 0.29) is 0 Å². The van der Waals surface area contributed by atoms with E-state index in [1.807, 2.05) is 6.07 Å². The lowest BCUT2D eigenvalue weighted by atomic mass is 10.1. The number of halogens is 1. The van der Waals surface area contributed by atoms with Crippen LogP contribution in [0, 0.1) is 0 Å². The van der Waals surface area contributed by atoms with Gasteiger partial charge in [0.2, 0.25) is 0 Å². The second kappa shape index (κ2) is 4.19. The molecule has 1 unspecified atom stereocenters. The maximum Gasteiger partial charge on any atom is 0.0931 e. The molecular weight excluding hydrogens is 216 g/mol. The van der Waals surface area contributed by atoms with Crippen molar-refractivity contribution in [2.45, 2.75) is 19.0 Å². The molecule has 1 N–H and O–H groups in total. The minimum Gasteiger partial charge on any atom is -0.304 e. The normalized spacial score (nSPS) is 20.8. The van der Waals surface area contributed by atoms with Gasteiger partial charge in [-0.05, 0) is 26.1 Å². The molecule has 0 aromatic carbocycles. The molecule has 2 rings (SSSR count). The summed E-state index contributed by atoms with van der Waals surface area (Å²) < 4.78 is 0.874. The summed E-state index contributed by atoms with van der Waals surface area (Å²) in [5.74, 6) is 0. The van der Waals surface area contributed by atoms with Crippen molar-refractivity contribution in [2.24, 2.45) is 0 Å². The number of rotatable bonds is 3. The van der Waals surface area contributed by atoms with Crippen LogP contribution in [0.3, 0.4) is 0 Å². The van der Waals surface area contributed by atoms with Crippen molar-refractivity contribution in [1.29, 1.82) is 0 Å². The van der Waals surface area contributed by atoms with Crippen LogP contribution < -0.4 is 5.32 Å². The summed E-state index contributed by atoms with van der Waals surface area (Å²) in [5, 5.41) is 3.59. The third-order valence-corrected chi connectivity index (χ3v) is 3.98. The van der Waals surface area contributed by atoms with Crippen molar-refractivity contribution in [2.75, 3.05) is 20.1 Å². The Bertz CT molecular complexity index is 307. The highest BCUT2D eigenvalue weighted by atomic mass is 35.5. The van der Waals surface area contributed by atoms with Gasteiger partial charge in [-0.2, -0.15) is 0 Å². The molecule has 1 fully saturated rings. The minimum absolute atomic E-state index is 0.422. The Labute approximate surface area is 93.9 Å². The molecule has 1 atom stereocenters. The van der Waals surface area contributed by atoms with Crippen molar-refractivity contribution in [3.8, 4) is 0 Å². The van der Waals surface area contributed by atoms with Crippen LogP contribution in [0.25, 0.3) is 0 Å². The van der Waals surface area contributed by atoms with Crippen LogP contribution in [0.15, 0.2) is 12.1 Å². The SMILES string of the molecule is CC(NC1CN(C)C1)c1ccc(Cl)s1. The fraction of sp³-hybridized carbons (Fsp3) is 0.600. The zero-order valence-electron chi connectivity index (χ0n) is 8.46. The average molecular weight is 231 g/mol. The summed E-state index contributed by atoms with van der Waals surface area (Å²) >= 11 is 7.56. The van der Waals surface area contributed by atoms with Gasteiger partial charge in [-0.3, -0.25) is 0 Å². The quantitative estimate of drug-likeness (QED) is 0.858. The first-order valence-corrected chi connectivity index (χ1v) is 6.04. The molecule has 1 aromatic rings. The summed E-state index contributed by atoms with van der Waals surface area (Å²) in [4.78, 5) is 3.63. The molecule has 78 valence electrons. The van der Waals surface area contributed by atoms with Crippen LogP contribution in [-0.2, 0) is 0 Å². The Hall–Kier alpha value is -0.0900. The summed E-state index contributed by atoms with van der Waals surface area (Å²) in [5.41, 5.74) is 0. The number of thiophene rings is 1. The monoisotopic (exact) mass is 230 g/mol. The zero-order valence-corrected chi connectivity index (χ0v) is 10.0. The number of hydrogen-bond acceptors (Lipinski definition) is 3. The summed E-state index contributed by atoms with van der Waals surface area (Å²) in [6.45, 7) is 4.51. The predicted octanol–water partition coefficient (Wildman–Crippen LogP) is 2.37. The van der Waals surface area contributed by atoms with E-state index in [0.29, 0.717) is 12.1 Å². The molecule has 2 nitrogen and oxygen atoms in total. The van der Waals surface area contributed by atoms with Gasteiger partial charge in [0.15, 0.2) is 0 Å². The summed E-state index contributed by atoms with van der Waals surface area (Å²) in [7, 11) is 2.14. The van der Waals surface area contributed by atoms with E-state index in [1.165, 1.54) is 4.88 Å². The van der Waals surface area contributed by atoms with Crippen molar-refractivity contribution >= 4 is 22.9 Å². The Morgan fingerprint density at radius 2 is 2.29 bits per heavy atom. The van der Waals surface area contributed by atoms with E-state index in [4.69, 9.17) is 11.6 Å². The zero-order chi connectivity index (χ0) is 10.1. The first kappa shape index (κ1) is 10.4. The number of likely N-dealkylation sites (N-methyl/N-ethyl adjacent to an activating group) is 1. The lowest BCUT2D eigenvalue weighted by Crippen LogP contribution is -2.56. The number of hydrogen-bond donors (Lipinski definition) is 1. The molecule has 14 heavy (non-hydrogen) atoms. The topological polar surface area (TPSA) is 15.3 Å². The number of nitrogens with one attached hydrogen (secondary N) is 1. The molecule has 0 aliphatic carbocycles. The molecule has 1 aliphatic heterocycles. The smallest absolute Gasteiger partial charge is 0.0931 e. The Kier molecular flexibility index (Phi) is 3.12. The molecule has 1 aliphatic rings. The summed E-state index contributed by atoms with van der Waals surface area (Å²) in [6, 6.07) is 5.14. The van der Waals surface area contributed by atoms with E-state index < -0.39 is 0 Å². The molecule has 0 bridgehead atoms. The lowest BCUT2D eigenvalue weighted by molar-refractivity contribution is 0.153. The van der Waals surface area contributed by atoms with Crippen molar-refractivity contribution in [1.82, 2.24) is 10.2 Å². The maximum absolute atomic E-state index is 5.89. The van der Waals surface area contributed by atoms with Gasteiger partial charge in [0, 0.05) is 30.1 Å². The third kappa shape index (κ3) is 2.28. The van der Waals surface area contributed by atoms with E-state index in [2.05, 4.69) is 30.3 Å². The van der Waals surface area contributed by atoms with Crippen molar-refractivity contribution in [3.05, 3.63) is 21.3 Å². The van der Waals surface area contributed by atoms with Gasteiger partial charge in [0.05, 0.1) is 4.34 Å². The fourth-order valence-corrected chi connectivity index (χ4v) is 2.87. The van der Waals surface area contributed by atoms with Crippen molar-refractivity contribution < 1.29 is 0 Å². The third-order valence-electron chi connectivity index (χ3n) is 2.57. The highest BCUT2D eigenvalue weighted by molar-refractivity contribution is 7.16. The van der Waals surface area contributed by atoms with Gasteiger partial charge in [-0.15, -0.1) is 11.3 Å². The second-order valence-electron chi connectivity index (χ2n) is 3.95. The lowest BCUT2D eigenvalue weighted by Gasteiger charge is -2.38. The first-order valence-electron chi connectivity index (χ1n) is 4.85. The molecule has 0 radical (unpaired) electrons. The molecule has 1 aromatic heterocycles. The highest BCUT2D eigenvalue weighted by Gasteiger charge is 2.24. The van der Waals surface area contributed by atoms with Crippen LogP contribution in [0.5, 0.6) is 0 Å². The molecular formula is C10H15ClN2S. The van der Waals surface area contributed by atoms with Crippen LogP contribution in [0.4, 0.5) is 0 Å². The van der Waals surface area contributed by atoms with Crippen LogP contribution in [0.2, 0.25) is 4.34 Å². The van der Waals surface area contributed by atoms with Gasteiger partial charge < -0.3 is 10.2 Å². The van der Waals surface area contributed by atoms with E-state index in [1.54, 1.807) is 11.3 Å². The van der Waals surface area contributed by atoms with Gasteiger partial charge in [-0.1, -0.05) is 11.6 Å². The molecule has 2 heterocycles. The largest absolute Gasteiger partial charge is 0.304 e.